The first kappa shape index (κ1) is 15.7. The molecule has 1 atom stereocenters. The molecule has 1 heterocycles. The van der Waals surface area contributed by atoms with Gasteiger partial charge in [-0.05, 0) is 18.8 Å². The number of hydrogen-bond donors (Lipinski definition) is 1. The number of alkyl halides is 1. The van der Waals surface area contributed by atoms with E-state index in [2.05, 4.69) is 4.72 Å². The molecular formula is C11H21ClN2O3S. The third-order valence-corrected chi connectivity index (χ3v) is 5.28. The Morgan fingerprint density at radius 1 is 1.44 bits per heavy atom. The molecule has 0 aromatic rings. The summed E-state index contributed by atoms with van der Waals surface area (Å²) in [7, 11) is -3.27. The minimum Gasteiger partial charge on any atom is -0.343 e. The standard InChI is InChI=1S/C11H21ClN2O3S/c1-9(7-12)8-18(16,17)13-11-3-5-14(6-4-11)10(2)15/h9,11,13H,3-8H2,1-2H3. The van der Waals surface area contributed by atoms with Gasteiger partial charge >= 0.3 is 0 Å². The number of halogens is 1. The van der Waals surface area contributed by atoms with Gasteiger partial charge in [-0.3, -0.25) is 4.79 Å². The van der Waals surface area contributed by atoms with Gasteiger partial charge in [-0.2, -0.15) is 0 Å². The zero-order chi connectivity index (χ0) is 13.8. The van der Waals surface area contributed by atoms with Crippen molar-refractivity contribution < 1.29 is 13.2 Å². The van der Waals surface area contributed by atoms with Crippen LogP contribution < -0.4 is 4.72 Å². The second kappa shape index (κ2) is 6.73. The molecule has 7 heteroatoms. The minimum atomic E-state index is -3.27. The topological polar surface area (TPSA) is 66.5 Å². The smallest absolute Gasteiger partial charge is 0.219 e. The minimum absolute atomic E-state index is 0.0482. The average molecular weight is 297 g/mol. The van der Waals surface area contributed by atoms with Gasteiger partial charge in [-0.1, -0.05) is 6.92 Å². The summed E-state index contributed by atoms with van der Waals surface area (Å²) in [6.07, 6.45) is 1.35. The number of carbonyl (C=O) groups is 1. The molecule has 1 fully saturated rings. The maximum atomic E-state index is 11.8. The molecule has 18 heavy (non-hydrogen) atoms. The van der Waals surface area contributed by atoms with Crippen LogP contribution in [0, 0.1) is 5.92 Å². The Bertz CT molecular complexity index is 378. The molecule has 0 aromatic carbocycles. The van der Waals surface area contributed by atoms with E-state index in [9.17, 15) is 13.2 Å². The molecule has 1 N–H and O–H groups in total. The van der Waals surface area contributed by atoms with Crippen LogP contribution >= 0.6 is 11.6 Å². The molecule has 0 saturated carbocycles. The fraction of sp³-hybridized carbons (Fsp3) is 0.909. The number of sulfonamides is 1. The first-order chi connectivity index (χ1) is 8.34. The van der Waals surface area contributed by atoms with Crippen LogP contribution in [0.5, 0.6) is 0 Å². The molecule has 1 amide bonds. The lowest BCUT2D eigenvalue weighted by Gasteiger charge is -2.31. The SMILES string of the molecule is CC(=O)N1CCC(NS(=O)(=O)CC(C)CCl)CC1. The van der Waals surface area contributed by atoms with Crippen LogP contribution in [0.1, 0.15) is 26.7 Å². The van der Waals surface area contributed by atoms with Gasteiger partial charge in [-0.25, -0.2) is 13.1 Å². The highest BCUT2D eigenvalue weighted by molar-refractivity contribution is 7.89. The lowest BCUT2D eigenvalue weighted by molar-refractivity contribution is -0.129. The van der Waals surface area contributed by atoms with Crippen LogP contribution in [0.15, 0.2) is 0 Å². The summed E-state index contributed by atoms with van der Waals surface area (Å²) in [6.45, 7) is 4.58. The molecule has 1 unspecified atom stereocenters. The first-order valence-electron chi connectivity index (χ1n) is 6.15. The third-order valence-electron chi connectivity index (χ3n) is 3.05. The maximum absolute atomic E-state index is 11.8. The van der Waals surface area contributed by atoms with Gasteiger partial charge in [0.15, 0.2) is 0 Å². The van der Waals surface area contributed by atoms with Crippen LogP contribution in [0.3, 0.4) is 0 Å². The molecule has 0 aliphatic carbocycles. The van der Waals surface area contributed by atoms with Crippen molar-refractivity contribution in [1.82, 2.24) is 9.62 Å². The highest BCUT2D eigenvalue weighted by Crippen LogP contribution is 2.12. The number of likely N-dealkylation sites (tertiary alicyclic amines) is 1. The Morgan fingerprint density at radius 2 is 2.00 bits per heavy atom. The van der Waals surface area contributed by atoms with Crippen molar-refractivity contribution in [2.24, 2.45) is 5.92 Å². The van der Waals surface area contributed by atoms with Gasteiger partial charge in [0.05, 0.1) is 5.75 Å². The summed E-state index contributed by atoms with van der Waals surface area (Å²) in [6, 6.07) is -0.0619. The maximum Gasteiger partial charge on any atom is 0.219 e. The number of hydrogen-bond acceptors (Lipinski definition) is 3. The van der Waals surface area contributed by atoms with E-state index in [4.69, 9.17) is 11.6 Å². The van der Waals surface area contributed by atoms with Gasteiger partial charge in [0.25, 0.3) is 0 Å². The lowest BCUT2D eigenvalue weighted by atomic mass is 10.1. The Kier molecular flexibility index (Phi) is 5.88. The molecule has 106 valence electrons. The van der Waals surface area contributed by atoms with Gasteiger partial charge in [0.2, 0.25) is 15.9 Å². The Morgan fingerprint density at radius 3 is 2.44 bits per heavy atom. The van der Waals surface area contributed by atoms with Crippen LogP contribution in [0.4, 0.5) is 0 Å². The molecule has 1 rings (SSSR count). The van der Waals surface area contributed by atoms with Crippen LogP contribution in [0.25, 0.3) is 0 Å². The van der Waals surface area contributed by atoms with Crippen molar-refractivity contribution in [1.29, 1.82) is 0 Å². The number of amides is 1. The van der Waals surface area contributed by atoms with Gasteiger partial charge in [-0.15, -0.1) is 11.6 Å². The molecule has 1 aliphatic rings. The van der Waals surface area contributed by atoms with Crippen molar-refractivity contribution in [2.75, 3.05) is 24.7 Å². The number of carbonyl (C=O) groups excluding carboxylic acids is 1. The molecule has 1 saturated heterocycles. The third kappa shape index (κ3) is 5.12. The number of nitrogens with one attached hydrogen (secondary N) is 1. The fourth-order valence-corrected chi connectivity index (χ4v) is 3.98. The van der Waals surface area contributed by atoms with E-state index < -0.39 is 10.0 Å². The zero-order valence-corrected chi connectivity index (χ0v) is 12.4. The highest BCUT2D eigenvalue weighted by Gasteiger charge is 2.25. The van der Waals surface area contributed by atoms with E-state index in [1.807, 2.05) is 6.92 Å². The molecule has 0 bridgehead atoms. The van der Waals surface area contributed by atoms with Gasteiger partial charge < -0.3 is 4.90 Å². The molecule has 0 aromatic heterocycles. The largest absolute Gasteiger partial charge is 0.343 e. The Hall–Kier alpha value is -0.330. The van der Waals surface area contributed by atoms with E-state index in [1.165, 1.54) is 6.92 Å². The number of rotatable bonds is 5. The van der Waals surface area contributed by atoms with Crippen LogP contribution in [-0.2, 0) is 14.8 Å². The molecular weight excluding hydrogens is 276 g/mol. The van der Waals surface area contributed by atoms with Crippen molar-refractivity contribution >= 4 is 27.5 Å². The summed E-state index contributed by atoms with van der Waals surface area (Å²) >= 11 is 5.62. The fourth-order valence-electron chi connectivity index (χ4n) is 2.03. The van der Waals surface area contributed by atoms with E-state index in [0.29, 0.717) is 31.8 Å². The highest BCUT2D eigenvalue weighted by atomic mass is 35.5. The summed E-state index contributed by atoms with van der Waals surface area (Å²) < 4.78 is 26.4. The van der Waals surface area contributed by atoms with E-state index >= 15 is 0 Å². The van der Waals surface area contributed by atoms with E-state index in [1.54, 1.807) is 4.90 Å². The number of nitrogens with zero attached hydrogens (tertiary/aromatic N) is 1. The van der Waals surface area contributed by atoms with Crippen LogP contribution in [-0.4, -0.2) is 50.0 Å². The van der Waals surface area contributed by atoms with E-state index in [-0.39, 0.29) is 23.6 Å². The summed E-state index contributed by atoms with van der Waals surface area (Å²) in [5.74, 6) is 0.390. The van der Waals surface area contributed by atoms with Gasteiger partial charge in [0, 0.05) is 31.9 Å². The summed E-state index contributed by atoms with van der Waals surface area (Å²) in [5.41, 5.74) is 0. The predicted octanol–water partition coefficient (Wildman–Crippen LogP) is 0.792. The average Bonchev–Trinajstić information content (AvgIpc) is 2.28. The Labute approximate surface area is 114 Å². The zero-order valence-electron chi connectivity index (χ0n) is 10.9. The molecule has 0 spiro atoms. The van der Waals surface area contributed by atoms with E-state index in [0.717, 1.165) is 0 Å². The quantitative estimate of drug-likeness (QED) is 0.763. The molecule has 1 aliphatic heterocycles. The molecule has 5 nitrogen and oxygen atoms in total. The second-order valence-corrected chi connectivity index (χ2v) is 7.05. The van der Waals surface area contributed by atoms with Crippen LogP contribution in [0.2, 0.25) is 0 Å². The monoisotopic (exact) mass is 296 g/mol. The predicted molar refractivity (Wildman–Crippen MR) is 72.1 cm³/mol. The Balaban J connectivity index is 2.43. The first-order valence-corrected chi connectivity index (χ1v) is 8.34. The van der Waals surface area contributed by atoms with Crippen molar-refractivity contribution in [3.05, 3.63) is 0 Å². The molecule has 0 radical (unpaired) electrons. The second-order valence-electron chi connectivity index (χ2n) is 4.94. The normalized spacial score (nSPS) is 19.8. The van der Waals surface area contributed by atoms with Crippen molar-refractivity contribution in [3.8, 4) is 0 Å². The van der Waals surface area contributed by atoms with Crippen molar-refractivity contribution in [2.45, 2.75) is 32.7 Å². The van der Waals surface area contributed by atoms with Crippen molar-refractivity contribution in [3.63, 3.8) is 0 Å². The lowest BCUT2D eigenvalue weighted by Crippen LogP contribution is -2.46. The van der Waals surface area contributed by atoms with Gasteiger partial charge in [0.1, 0.15) is 0 Å². The summed E-state index contributed by atoms with van der Waals surface area (Å²) in [4.78, 5) is 12.9. The summed E-state index contributed by atoms with van der Waals surface area (Å²) in [5, 5.41) is 0. The number of piperidine rings is 1.